The van der Waals surface area contributed by atoms with Gasteiger partial charge in [-0.25, -0.2) is 0 Å². The Morgan fingerprint density at radius 2 is 1.00 bits per heavy atom. The summed E-state index contributed by atoms with van der Waals surface area (Å²) in [5.41, 5.74) is 0. The summed E-state index contributed by atoms with van der Waals surface area (Å²) >= 11 is 6.04. The summed E-state index contributed by atoms with van der Waals surface area (Å²) in [5, 5.41) is 0. The highest BCUT2D eigenvalue weighted by Gasteiger charge is 2.06. The van der Waals surface area contributed by atoms with Gasteiger partial charge in [0.1, 0.15) is 0 Å². The van der Waals surface area contributed by atoms with Crippen LogP contribution >= 0.6 is 11.6 Å². The standard InChI is InChI=1S/C16H33Cl.C3H9N/c1-3-5-7-9-10-12-14-16(15-17)13-11-8-6-4-2;1-4(2)3/h16H,3-15H2,1-2H3;1-3H3/p+1. The number of unbranched alkanes of at least 4 members (excludes halogenated alkanes) is 8. The molecule has 0 aromatic rings. The first-order valence-corrected chi connectivity index (χ1v) is 9.94. The highest BCUT2D eigenvalue weighted by molar-refractivity contribution is 6.18. The SMILES string of the molecule is CCCCCCCCC(CCl)CCCCCC.C[NH+](C)C. The molecule has 0 aromatic carbocycles. The highest BCUT2D eigenvalue weighted by Crippen LogP contribution is 2.19. The first-order chi connectivity index (χ1) is 10.1. The van der Waals surface area contributed by atoms with Crippen molar-refractivity contribution < 1.29 is 4.90 Å². The molecule has 130 valence electrons. The van der Waals surface area contributed by atoms with Crippen molar-refractivity contribution in [1.82, 2.24) is 0 Å². The van der Waals surface area contributed by atoms with Crippen LogP contribution in [0.5, 0.6) is 0 Å². The molecule has 0 fully saturated rings. The summed E-state index contributed by atoms with van der Waals surface area (Å²) in [6.45, 7) is 4.55. The third kappa shape index (κ3) is 25.5. The highest BCUT2D eigenvalue weighted by atomic mass is 35.5. The van der Waals surface area contributed by atoms with Crippen LogP contribution in [-0.4, -0.2) is 27.0 Å². The van der Waals surface area contributed by atoms with Crippen LogP contribution in [-0.2, 0) is 0 Å². The van der Waals surface area contributed by atoms with E-state index >= 15 is 0 Å². The summed E-state index contributed by atoms with van der Waals surface area (Å²) in [7, 11) is 6.25. The van der Waals surface area contributed by atoms with Crippen LogP contribution in [0.25, 0.3) is 0 Å². The Bertz CT molecular complexity index is 168. The van der Waals surface area contributed by atoms with Crippen LogP contribution in [0.1, 0.15) is 90.9 Å². The second kappa shape index (κ2) is 20.2. The first-order valence-electron chi connectivity index (χ1n) is 9.41. The average molecular weight is 321 g/mol. The second-order valence-electron chi connectivity index (χ2n) is 6.93. The average Bonchev–Trinajstić information content (AvgIpc) is 2.44. The molecule has 0 saturated carbocycles. The van der Waals surface area contributed by atoms with Crippen LogP contribution in [0, 0.1) is 5.92 Å². The largest absolute Gasteiger partial charge is 0.342 e. The molecule has 0 aliphatic heterocycles. The molecule has 0 heterocycles. The predicted molar refractivity (Wildman–Crippen MR) is 99.7 cm³/mol. The summed E-state index contributed by atoms with van der Waals surface area (Å²) in [5.74, 6) is 1.67. The zero-order chi connectivity index (χ0) is 16.3. The Hall–Kier alpha value is 0.250. The van der Waals surface area contributed by atoms with Gasteiger partial charge in [0.2, 0.25) is 0 Å². The van der Waals surface area contributed by atoms with Gasteiger partial charge in [-0.2, -0.15) is 0 Å². The van der Waals surface area contributed by atoms with E-state index < -0.39 is 0 Å². The molecule has 0 spiro atoms. The van der Waals surface area contributed by atoms with E-state index in [0.717, 1.165) is 11.8 Å². The Labute approximate surface area is 140 Å². The lowest BCUT2D eigenvalue weighted by atomic mass is 9.96. The molecule has 0 aliphatic rings. The van der Waals surface area contributed by atoms with E-state index in [-0.39, 0.29) is 0 Å². The number of hydrogen-bond donors (Lipinski definition) is 1. The molecule has 1 atom stereocenters. The van der Waals surface area contributed by atoms with Crippen LogP contribution < -0.4 is 4.90 Å². The molecule has 1 unspecified atom stereocenters. The lowest BCUT2D eigenvalue weighted by molar-refractivity contribution is -0.836. The van der Waals surface area contributed by atoms with Gasteiger partial charge in [0.15, 0.2) is 0 Å². The van der Waals surface area contributed by atoms with E-state index in [1.807, 2.05) is 0 Å². The molecule has 0 amide bonds. The molecule has 0 bridgehead atoms. The summed E-state index contributed by atoms with van der Waals surface area (Å²) in [6.07, 6.45) is 16.7. The van der Waals surface area contributed by atoms with E-state index in [9.17, 15) is 0 Å². The molecular weight excluding hydrogens is 278 g/mol. The quantitative estimate of drug-likeness (QED) is 0.346. The lowest BCUT2D eigenvalue weighted by Crippen LogP contribution is -3.02. The first kappa shape index (κ1) is 23.5. The molecule has 1 N–H and O–H groups in total. The molecule has 0 rings (SSSR count). The maximum atomic E-state index is 6.04. The Morgan fingerprint density at radius 1 is 0.667 bits per heavy atom. The number of nitrogens with one attached hydrogen (secondary N) is 1. The van der Waals surface area contributed by atoms with E-state index in [1.165, 1.54) is 81.9 Å². The Balaban J connectivity index is 0. The van der Waals surface area contributed by atoms with Crippen LogP contribution in [0.2, 0.25) is 0 Å². The summed E-state index contributed by atoms with van der Waals surface area (Å²) < 4.78 is 0. The maximum absolute atomic E-state index is 6.04. The number of quaternary nitrogens is 1. The number of halogens is 1. The van der Waals surface area contributed by atoms with Gasteiger partial charge in [0.25, 0.3) is 0 Å². The normalized spacial score (nSPS) is 12.1. The summed E-state index contributed by atoms with van der Waals surface area (Å²) in [4.78, 5) is 1.42. The van der Waals surface area contributed by atoms with Crippen LogP contribution in [0.3, 0.4) is 0 Å². The van der Waals surface area contributed by atoms with Gasteiger partial charge in [-0.1, -0.05) is 78.1 Å². The van der Waals surface area contributed by atoms with E-state index in [1.54, 1.807) is 0 Å². The van der Waals surface area contributed by atoms with Gasteiger partial charge >= 0.3 is 0 Å². The fourth-order valence-electron chi connectivity index (χ4n) is 2.37. The Kier molecular flexibility index (Phi) is 22.7. The molecule has 2 heteroatoms. The van der Waals surface area contributed by atoms with Crippen molar-refractivity contribution in [2.45, 2.75) is 90.9 Å². The minimum Gasteiger partial charge on any atom is -0.342 e. The minimum atomic E-state index is 0.791. The monoisotopic (exact) mass is 320 g/mol. The molecule has 0 saturated heterocycles. The van der Waals surface area contributed by atoms with Crippen molar-refractivity contribution >= 4 is 11.6 Å². The van der Waals surface area contributed by atoms with Crippen molar-refractivity contribution in [2.24, 2.45) is 5.92 Å². The molecule has 0 radical (unpaired) electrons. The fourth-order valence-corrected chi connectivity index (χ4v) is 2.68. The third-order valence-electron chi connectivity index (χ3n) is 3.65. The van der Waals surface area contributed by atoms with Crippen molar-refractivity contribution in [2.75, 3.05) is 27.0 Å². The van der Waals surface area contributed by atoms with Crippen LogP contribution in [0.15, 0.2) is 0 Å². The molecule has 0 aromatic heterocycles. The van der Waals surface area contributed by atoms with E-state index in [2.05, 4.69) is 35.0 Å². The van der Waals surface area contributed by atoms with Gasteiger partial charge in [-0.05, 0) is 18.8 Å². The van der Waals surface area contributed by atoms with Gasteiger partial charge < -0.3 is 4.90 Å². The van der Waals surface area contributed by atoms with Gasteiger partial charge in [-0.3, -0.25) is 0 Å². The molecular formula is C19H43ClN+. The minimum absolute atomic E-state index is 0.791. The Morgan fingerprint density at radius 3 is 1.38 bits per heavy atom. The van der Waals surface area contributed by atoms with Gasteiger partial charge in [0, 0.05) is 5.88 Å². The zero-order valence-electron chi connectivity index (χ0n) is 15.6. The van der Waals surface area contributed by atoms with Crippen molar-refractivity contribution in [3.05, 3.63) is 0 Å². The number of rotatable bonds is 13. The second-order valence-corrected chi connectivity index (χ2v) is 7.23. The molecule has 21 heavy (non-hydrogen) atoms. The molecule has 1 nitrogen and oxygen atoms in total. The number of alkyl halides is 1. The fraction of sp³-hybridized carbons (Fsp3) is 1.00. The third-order valence-corrected chi connectivity index (χ3v) is 4.09. The van der Waals surface area contributed by atoms with Gasteiger partial charge in [0.05, 0.1) is 21.1 Å². The van der Waals surface area contributed by atoms with Crippen molar-refractivity contribution in [3.63, 3.8) is 0 Å². The zero-order valence-corrected chi connectivity index (χ0v) is 16.4. The van der Waals surface area contributed by atoms with Gasteiger partial charge in [-0.15, -0.1) is 11.6 Å². The van der Waals surface area contributed by atoms with Crippen LogP contribution in [0.4, 0.5) is 0 Å². The van der Waals surface area contributed by atoms with Crippen molar-refractivity contribution in [1.29, 1.82) is 0 Å². The smallest absolute Gasteiger partial charge is 0.0661 e. The lowest BCUT2D eigenvalue weighted by Gasteiger charge is -2.13. The molecule has 0 aliphatic carbocycles. The maximum Gasteiger partial charge on any atom is 0.0661 e. The number of hydrogen-bond acceptors (Lipinski definition) is 0. The van der Waals surface area contributed by atoms with E-state index in [0.29, 0.717) is 0 Å². The topological polar surface area (TPSA) is 4.44 Å². The van der Waals surface area contributed by atoms with E-state index in [4.69, 9.17) is 11.6 Å². The predicted octanol–water partition coefficient (Wildman–Crippen LogP) is 5.32. The summed E-state index contributed by atoms with van der Waals surface area (Å²) in [6, 6.07) is 0. The van der Waals surface area contributed by atoms with Crippen molar-refractivity contribution in [3.8, 4) is 0 Å².